The highest BCUT2D eigenvalue weighted by Gasteiger charge is 2.27. The summed E-state index contributed by atoms with van der Waals surface area (Å²) in [6.45, 7) is 9.58. The first-order valence-corrected chi connectivity index (χ1v) is 11.2. The van der Waals surface area contributed by atoms with E-state index in [0.29, 0.717) is 23.7 Å². The quantitative estimate of drug-likeness (QED) is 0.464. The molecule has 6 nitrogen and oxygen atoms in total. The van der Waals surface area contributed by atoms with Gasteiger partial charge in [-0.25, -0.2) is 9.67 Å². The van der Waals surface area contributed by atoms with Crippen LogP contribution in [0.25, 0.3) is 21.9 Å². The fourth-order valence-corrected chi connectivity index (χ4v) is 4.59. The molecule has 1 aromatic carbocycles. The molecule has 0 fully saturated rings. The second-order valence-electron chi connectivity index (χ2n) is 8.92. The van der Waals surface area contributed by atoms with Crippen LogP contribution >= 0.6 is 11.6 Å². The number of benzene rings is 1. The van der Waals surface area contributed by atoms with E-state index in [9.17, 15) is 4.79 Å². The number of carbonyl (C=O) groups excluding carboxylic acids is 1. The normalized spacial score (nSPS) is 14.2. The van der Waals surface area contributed by atoms with Gasteiger partial charge in [0, 0.05) is 58.4 Å². The standard InChI is InChI=1S/C24H26ClN5O/c1-13(2)22-10-17(18-11-26-30(14(3)4)23(18)28-22)24(31)29-8-7-21-19(12-29)16-9-15(25)5-6-20(16)27-21/h5-6,9-11,13-14,27H,7-8,12H2,1-4H3. The van der Waals surface area contributed by atoms with Gasteiger partial charge in [0.15, 0.2) is 5.65 Å². The molecule has 5 rings (SSSR count). The van der Waals surface area contributed by atoms with Gasteiger partial charge in [0.05, 0.1) is 17.1 Å². The maximum atomic E-state index is 13.7. The number of halogens is 1. The van der Waals surface area contributed by atoms with Gasteiger partial charge in [0.25, 0.3) is 5.91 Å². The van der Waals surface area contributed by atoms with Gasteiger partial charge in [0.1, 0.15) is 0 Å². The number of pyridine rings is 1. The van der Waals surface area contributed by atoms with E-state index in [2.05, 4.69) is 37.8 Å². The minimum absolute atomic E-state index is 0.0274. The Kier molecular flexibility index (Phi) is 4.77. The van der Waals surface area contributed by atoms with Gasteiger partial charge in [-0.1, -0.05) is 25.4 Å². The molecular weight excluding hydrogens is 410 g/mol. The lowest BCUT2D eigenvalue weighted by Gasteiger charge is -2.28. The molecule has 0 aliphatic carbocycles. The van der Waals surface area contributed by atoms with Crippen LogP contribution in [-0.4, -0.2) is 37.1 Å². The number of nitrogens with zero attached hydrogens (tertiary/aromatic N) is 4. The SMILES string of the molecule is CC(C)c1cc(C(=O)N2CCc3[nH]c4ccc(Cl)cc4c3C2)c2cnn(C(C)C)c2n1. The Morgan fingerprint density at radius 3 is 2.71 bits per heavy atom. The maximum absolute atomic E-state index is 13.7. The molecule has 1 aliphatic rings. The van der Waals surface area contributed by atoms with Crippen molar-refractivity contribution in [2.75, 3.05) is 6.54 Å². The van der Waals surface area contributed by atoms with Crippen molar-refractivity contribution < 1.29 is 4.79 Å². The van der Waals surface area contributed by atoms with Crippen LogP contribution < -0.4 is 0 Å². The highest BCUT2D eigenvalue weighted by molar-refractivity contribution is 6.31. The number of nitrogens with one attached hydrogen (secondary N) is 1. The zero-order valence-electron chi connectivity index (χ0n) is 18.2. The number of amides is 1. The number of fused-ring (bicyclic) bond motifs is 4. The first-order chi connectivity index (χ1) is 14.8. The van der Waals surface area contributed by atoms with Crippen molar-refractivity contribution in [3.05, 3.63) is 58.0 Å². The molecule has 0 saturated heterocycles. The molecule has 0 saturated carbocycles. The van der Waals surface area contributed by atoms with Gasteiger partial charge in [-0.2, -0.15) is 5.10 Å². The van der Waals surface area contributed by atoms with Gasteiger partial charge in [-0.05, 0) is 44.0 Å². The van der Waals surface area contributed by atoms with Crippen LogP contribution in [0.1, 0.15) is 67.0 Å². The minimum atomic E-state index is 0.0274. The van der Waals surface area contributed by atoms with Crippen molar-refractivity contribution in [3.63, 3.8) is 0 Å². The first-order valence-electron chi connectivity index (χ1n) is 10.8. The number of aromatic amines is 1. The highest BCUT2D eigenvalue weighted by Crippen LogP contribution is 2.32. The van der Waals surface area contributed by atoms with Gasteiger partial charge in [-0.15, -0.1) is 0 Å². The zero-order chi connectivity index (χ0) is 21.9. The molecule has 7 heteroatoms. The van der Waals surface area contributed by atoms with E-state index in [1.165, 1.54) is 5.69 Å². The number of aromatic nitrogens is 4. The Bertz CT molecular complexity index is 1320. The Balaban J connectivity index is 1.58. The lowest BCUT2D eigenvalue weighted by Crippen LogP contribution is -2.36. The van der Waals surface area contributed by atoms with Crippen LogP contribution in [0.15, 0.2) is 30.5 Å². The molecule has 1 aliphatic heterocycles. The predicted octanol–water partition coefficient (Wildman–Crippen LogP) is 5.47. The van der Waals surface area contributed by atoms with Crippen molar-refractivity contribution in [3.8, 4) is 0 Å². The molecule has 0 unspecified atom stereocenters. The van der Waals surface area contributed by atoms with Crippen LogP contribution in [0.3, 0.4) is 0 Å². The molecule has 0 bridgehead atoms. The van der Waals surface area contributed by atoms with Crippen molar-refractivity contribution in [2.24, 2.45) is 0 Å². The van der Waals surface area contributed by atoms with Gasteiger partial charge in [0.2, 0.25) is 0 Å². The summed E-state index contributed by atoms with van der Waals surface area (Å²) in [6.07, 6.45) is 2.57. The third-order valence-electron chi connectivity index (χ3n) is 6.12. The summed E-state index contributed by atoms with van der Waals surface area (Å²) in [5.74, 6) is 0.245. The Morgan fingerprint density at radius 1 is 1.16 bits per heavy atom. The minimum Gasteiger partial charge on any atom is -0.358 e. The smallest absolute Gasteiger partial charge is 0.255 e. The molecule has 0 atom stereocenters. The van der Waals surface area contributed by atoms with Crippen LogP contribution in [-0.2, 0) is 13.0 Å². The van der Waals surface area contributed by atoms with Crippen molar-refractivity contribution in [1.29, 1.82) is 0 Å². The molecule has 31 heavy (non-hydrogen) atoms. The van der Waals surface area contributed by atoms with E-state index in [1.807, 2.05) is 33.8 Å². The fraction of sp³-hybridized carbons (Fsp3) is 0.375. The maximum Gasteiger partial charge on any atom is 0.255 e. The summed E-state index contributed by atoms with van der Waals surface area (Å²) in [4.78, 5) is 24.0. The number of carbonyl (C=O) groups is 1. The second-order valence-corrected chi connectivity index (χ2v) is 9.35. The third kappa shape index (κ3) is 3.30. The van der Waals surface area contributed by atoms with Crippen LogP contribution in [0, 0.1) is 0 Å². The molecule has 4 aromatic rings. The number of hydrogen-bond donors (Lipinski definition) is 1. The van der Waals surface area contributed by atoms with E-state index < -0.39 is 0 Å². The molecule has 0 radical (unpaired) electrons. The average Bonchev–Trinajstić information content (AvgIpc) is 3.33. The molecule has 1 amide bonds. The molecule has 1 N–H and O–H groups in total. The number of rotatable bonds is 3. The van der Waals surface area contributed by atoms with Gasteiger partial charge >= 0.3 is 0 Å². The van der Waals surface area contributed by atoms with E-state index in [0.717, 1.165) is 39.6 Å². The molecule has 3 aromatic heterocycles. The van der Waals surface area contributed by atoms with Gasteiger partial charge in [-0.3, -0.25) is 4.79 Å². The lowest BCUT2D eigenvalue weighted by atomic mass is 10.0. The predicted molar refractivity (Wildman–Crippen MR) is 124 cm³/mol. The van der Waals surface area contributed by atoms with Crippen LogP contribution in [0.5, 0.6) is 0 Å². The van der Waals surface area contributed by atoms with Crippen LogP contribution in [0.2, 0.25) is 5.02 Å². The van der Waals surface area contributed by atoms with E-state index in [1.54, 1.807) is 6.20 Å². The monoisotopic (exact) mass is 435 g/mol. The topological polar surface area (TPSA) is 66.8 Å². The summed E-state index contributed by atoms with van der Waals surface area (Å²) in [6, 6.07) is 7.99. The van der Waals surface area contributed by atoms with Crippen LogP contribution in [0.4, 0.5) is 0 Å². The Labute approximate surface area is 186 Å². The molecule has 160 valence electrons. The fourth-order valence-electron chi connectivity index (χ4n) is 4.42. The van der Waals surface area contributed by atoms with E-state index >= 15 is 0 Å². The highest BCUT2D eigenvalue weighted by atomic mass is 35.5. The first kappa shape index (κ1) is 20.1. The Hall–Kier alpha value is -2.86. The average molecular weight is 436 g/mol. The summed E-state index contributed by atoms with van der Waals surface area (Å²) in [7, 11) is 0. The van der Waals surface area contributed by atoms with Gasteiger partial charge < -0.3 is 9.88 Å². The molecule has 4 heterocycles. The van der Waals surface area contributed by atoms with Crippen molar-refractivity contribution in [2.45, 2.75) is 52.6 Å². The lowest BCUT2D eigenvalue weighted by molar-refractivity contribution is 0.0737. The zero-order valence-corrected chi connectivity index (χ0v) is 19.0. The van der Waals surface area contributed by atoms with Crippen molar-refractivity contribution >= 4 is 39.4 Å². The van der Waals surface area contributed by atoms with E-state index in [-0.39, 0.29) is 17.9 Å². The van der Waals surface area contributed by atoms with E-state index in [4.69, 9.17) is 16.6 Å². The summed E-state index contributed by atoms with van der Waals surface area (Å²) >= 11 is 6.24. The molecular formula is C24H26ClN5O. The summed E-state index contributed by atoms with van der Waals surface area (Å²) < 4.78 is 1.90. The number of H-pyrrole nitrogens is 1. The number of hydrogen-bond acceptors (Lipinski definition) is 3. The molecule has 0 spiro atoms. The third-order valence-corrected chi connectivity index (χ3v) is 6.36. The second kappa shape index (κ2) is 7.38. The Morgan fingerprint density at radius 2 is 1.97 bits per heavy atom. The summed E-state index contributed by atoms with van der Waals surface area (Å²) in [5.41, 5.74) is 5.79. The van der Waals surface area contributed by atoms with Crippen molar-refractivity contribution in [1.82, 2.24) is 24.6 Å². The largest absolute Gasteiger partial charge is 0.358 e. The summed E-state index contributed by atoms with van der Waals surface area (Å²) in [5, 5.41) is 7.14.